The van der Waals surface area contributed by atoms with Crippen LogP contribution in [0.3, 0.4) is 0 Å². The van der Waals surface area contributed by atoms with Gasteiger partial charge in [0, 0.05) is 0 Å². The van der Waals surface area contributed by atoms with E-state index in [-0.39, 0.29) is 35.6 Å². The fourth-order valence-corrected chi connectivity index (χ4v) is 3.67. The Bertz CT molecular complexity index is 634. The molecule has 1 unspecified atom stereocenters. The minimum Gasteiger partial charge on any atom is -1.00 e. The molecule has 2 aliphatic rings. The van der Waals surface area contributed by atoms with Crippen molar-refractivity contribution in [2.45, 2.75) is 73.5 Å². The van der Waals surface area contributed by atoms with Gasteiger partial charge in [0.2, 0.25) is 0 Å². The summed E-state index contributed by atoms with van der Waals surface area (Å²) in [6.07, 6.45) is 11.6. The SMILES string of the molecule is CCCOC1(OC2=[C]([Ti+2])CC=C2)CC=C(C(C)(C)C)C=C1C(C)(C)C.[Cl-].[Cl-]. The Hall–Kier alpha value is 0.0143. The van der Waals surface area contributed by atoms with Gasteiger partial charge in [-0.15, -0.1) is 0 Å². The summed E-state index contributed by atoms with van der Waals surface area (Å²) in [5.41, 5.74) is 2.69. The smallest absolute Gasteiger partial charge is 1.00 e. The van der Waals surface area contributed by atoms with E-state index in [1.165, 1.54) is 15.0 Å². The van der Waals surface area contributed by atoms with Gasteiger partial charge in [-0.2, -0.15) is 0 Å². The summed E-state index contributed by atoms with van der Waals surface area (Å²) >= 11 is 2.14. The molecule has 27 heavy (non-hydrogen) atoms. The van der Waals surface area contributed by atoms with E-state index in [0.29, 0.717) is 6.61 Å². The third kappa shape index (κ3) is 6.51. The summed E-state index contributed by atoms with van der Waals surface area (Å²) in [4.78, 5) is 0. The van der Waals surface area contributed by atoms with Gasteiger partial charge in [-0.3, -0.25) is 0 Å². The summed E-state index contributed by atoms with van der Waals surface area (Å²) in [6, 6.07) is 0. The van der Waals surface area contributed by atoms with Crippen LogP contribution in [0.4, 0.5) is 0 Å². The minimum absolute atomic E-state index is 0. The van der Waals surface area contributed by atoms with Crippen LogP contribution in [0.25, 0.3) is 0 Å². The van der Waals surface area contributed by atoms with Gasteiger partial charge in [0.15, 0.2) is 0 Å². The molecule has 0 spiro atoms. The fourth-order valence-electron chi connectivity index (χ4n) is 3.28. The quantitative estimate of drug-likeness (QED) is 0.442. The van der Waals surface area contributed by atoms with E-state index in [9.17, 15) is 0 Å². The van der Waals surface area contributed by atoms with E-state index >= 15 is 0 Å². The molecule has 2 rings (SSSR count). The second-order valence-corrected chi connectivity index (χ2v) is 10.0. The molecule has 0 saturated carbocycles. The van der Waals surface area contributed by atoms with E-state index in [0.717, 1.165) is 25.0 Å². The van der Waals surface area contributed by atoms with Gasteiger partial charge in [-0.1, -0.05) is 0 Å². The molecule has 0 heterocycles. The van der Waals surface area contributed by atoms with Crippen molar-refractivity contribution < 1.29 is 54.7 Å². The van der Waals surface area contributed by atoms with Gasteiger partial charge < -0.3 is 24.8 Å². The molecule has 0 saturated heterocycles. The first-order chi connectivity index (χ1) is 11.5. The molecule has 0 bridgehead atoms. The average Bonchev–Trinajstić information content (AvgIpc) is 2.88. The Kier molecular flexibility index (Phi) is 10.2. The van der Waals surface area contributed by atoms with Gasteiger partial charge in [0.05, 0.1) is 0 Å². The average molecular weight is 448 g/mol. The van der Waals surface area contributed by atoms with Crippen LogP contribution in [0.1, 0.15) is 67.7 Å². The maximum absolute atomic E-state index is 6.61. The molecule has 5 heteroatoms. The number of hydrogen-bond acceptors (Lipinski definition) is 2. The number of rotatable bonds is 5. The van der Waals surface area contributed by atoms with E-state index < -0.39 is 5.79 Å². The number of ether oxygens (including phenoxy) is 2. The molecule has 151 valence electrons. The Balaban J connectivity index is 0.00000338. The largest absolute Gasteiger partial charge is 1.00 e. The van der Waals surface area contributed by atoms with Crippen LogP contribution in [0.5, 0.6) is 0 Å². The standard InChI is InChI=1S/C22H33O2.2ClH.Ti/c1-8-15-23-22(24-18-11-9-10-12-18)14-13-17(20(2,3)4)16-19(22)21(5,6)7;;;/h9,11,13,16H,8,10,14-15H2,1-7H3;2*1H;/q;;;+2/p-2. The zero-order valence-corrected chi connectivity index (χ0v) is 20.8. The molecule has 1 atom stereocenters. The molecule has 0 aliphatic heterocycles. The first-order valence-corrected chi connectivity index (χ1v) is 10.2. The van der Waals surface area contributed by atoms with Crippen molar-refractivity contribution in [3.8, 4) is 0 Å². The second kappa shape index (κ2) is 10.2. The van der Waals surface area contributed by atoms with Crippen LogP contribution in [-0.4, -0.2) is 12.4 Å². The molecular formula is C22H33Cl2O2Ti. The summed E-state index contributed by atoms with van der Waals surface area (Å²) in [5.74, 6) is 0.271. The molecule has 0 aromatic heterocycles. The zero-order valence-electron chi connectivity index (χ0n) is 17.7. The summed E-state index contributed by atoms with van der Waals surface area (Å²) < 4.78 is 14.3. The van der Waals surface area contributed by atoms with Crippen LogP contribution in [-0.2, 0) is 29.9 Å². The molecule has 0 aromatic carbocycles. The van der Waals surface area contributed by atoms with Crippen LogP contribution in [0.2, 0.25) is 0 Å². The molecule has 0 radical (unpaired) electrons. The molecule has 2 aliphatic carbocycles. The third-order valence-electron chi connectivity index (χ3n) is 4.68. The van der Waals surface area contributed by atoms with Crippen molar-refractivity contribution in [1.29, 1.82) is 0 Å². The van der Waals surface area contributed by atoms with Crippen molar-refractivity contribution in [1.82, 2.24) is 0 Å². The van der Waals surface area contributed by atoms with E-state index in [1.807, 2.05) is 0 Å². The first-order valence-electron chi connectivity index (χ1n) is 9.37. The normalized spacial score (nSPS) is 22.7. The summed E-state index contributed by atoms with van der Waals surface area (Å²) in [7, 11) is 0. The molecule has 0 fully saturated rings. The molecule has 0 amide bonds. The van der Waals surface area contributed by atoms with Crippen LogP contribution >= 0.6 is 0 Å². The summed E-state index contributed by atoms with van der Waals surface area (Å²) in [6.45, 7) is 16.4. The topological polar surface area (TPSA) is 18.5 Å². The molecular weight excluding hydrogens is 415 g/mol. The van der Waals surface area contributed by atoms with Gasteiger partial charge in [-0.05, 0) is 0 Å². The second-order valence-electron chi connectivity index (χ2n) is 9.07. The first kappa shape index (κ1) is 27.0. The van der Waals surface area contributed by atoms with Crippen LogP contribution in [0.15, 0.2) is 45.1 Å². The Labute approximate surface area is 190 Å². The Morgan fingerprint density at radius 2 is 1.70 bits per heavy atom. The van der Waals surface area contributed by atoms with Crippen LogP contribution in [0, 0.1) is 10.8 Å². The number of hydrogen-bond donors (Lipinski definition) is 0. The fraction of sp³-hybridized carbons (Fsp3) is 0.636. The predicted octanol–water partition coefficient (Wildman–Crippen LogP) is 0.201. The van der Waals surface area contributed by atoms with Gasteiger partial charge in [-0.25, -0.2) is 0 Å². The number of halogens is 2. The third-order valence-corrected chi connectivity index (χ3v) is 5.38. The number of allylic oxidation sites excluding steroid dienone is 5. The van der Waals surface area contributed by atoms with Gasteiger partial charge >= 0.3 is 166 Å². The van der Waals surface area contributed by atoms with Crippen molar-refractivity contribution in [2.75, 3.05) is 6.61 Å². The van der Waals surface area contributed by atoms with E-state index in [4.69, 9.17) is 9.47 Å². The monoisotopic (exact) mass is 447 g/mol. The molecule has 0 N–H and O–H groups in total. The molecule has 0 aromatic rings. The maximum atomic E-state index is 6.61. The van der Waals surface area contributed by atoms with E-state index in [1.54, 1.807) is 0 Å². The van der Waals surface area contributed by atoms with Crippen LogP contribution < -0.4 is 24.8 Å². The van der Waals surface area contributed by atoms with Gasteiger partial charge in [0.25, 0.3) is 0 Å². The van der Waals surface area contributed by atoms with Crippen molar-refractivity contribution in [2.24, 2.45) is 10.8 Å². The van der Waals surface area contributed by atoms with Crippen molar-refractivity contribution in [3.63, 3.8) is 0 Å². The van der Waals surface area contributed by atoms with E-state index in [2.05, 4.69) is 93.2 Å². The maximum Gasteiger partial charge on any atom is -1.00 e. The van der Waals surface area contributed by atoms with Crippen molar-refractivity contribution in [3.05, 3.63) is 45.1 Å². The molecule has 2 nitrogen and oxygen atoms in total. The Morgan fingerprint density at radius 3 is 2.15 bits per heavy atom. The van der Waals surface area contributed by atoms with Gasteiger partial charge in [0.1, 0.15) is 0 Å². The summed E-state index contributed by atoms with van der Waals surface area (Å²) in [5, 5.41) is 0. The Morgan fingerprint density at radius 1 is 1.07 bits per heavy atom. The predicted molar refractivity (Wildman–Crippen MR) is 101 cm³/mol. The zero-order chi connectivity index (χ0) is 18.9. The van der Waals surface area contributed by atoms with Crippen molar-refractivity contribution >= 4 is 0 Å². The minimum atomic E-state index is -0.700.